The lowest BCUT2D eigenvalue weighted by Gasteiger charge is -2.18. The van der Waals surface area contributed by atoms with Crippen LogP contribution in [0.25, 0.3) is 0 Å². The van der Waals surface area contributed by atoms with Crippen LogP contribution in [-0.4, -0.2) is 65.8 Å². The Hall–Kier alpha value is -1.59. The van der Waals surface area contributed by atoms with E-state index in [4.69, 9.17) is 0 Å². The quantitative estimate of drug-likeness (QED) is 0.636. The Balaban J connectivity index is 2.03. The summed E-state index contributed by atoms with van der Waals surface area (Å²) in [6.45, 7) is 0.552. The minimum Gasteiger partial charge on any atom is -0.347 e. The first-order valence-electron chi connectivity index (χ1n) is 5.32. The minimum absolute atomic E-state index is 0.0186. The van der Waals surface area contributed by atoms with E-state index in [2.05, 4.69) is 0 Å². The average Bonchev–Trinajstić information content (AvgIpc) is 2.70. The van der Waals surface area contributed by atoms with E-state index < -0.39 is 0 Å². The smallest absolute Gasteiger partial charge is 0.327 e. The van der Waals surface area contributed by atoms with Crippen molar-refractivity contribution >= 4 is 17.8 Å². The molecule has 2 rings (SSSR count). The van der Waals surface area contributed by atoms with Crippen LogP contribution in [0.15, 0.2) is 0 Å². The summed E-state index contributed by atoms with van der Waals surface area (Å²) >= 11 is 0. The molecule has 2 fully saturated rings. The van der Waals surface area contributed by atoms with Crippen molar-refractivity contribution in [2.24, 2.45) is 0 Å². The molecule has 0 spiro atoms. The van der Waals surface area contributed by atoms with Crippen molar-refractivity contribution < 1.29 is 14.4 Å². The van der Waals surface area contributed by atoms with Gasteiger partial charge in [0.15, 0.2) is 0 Å². The van der Waals surface area contributed by atoms with Crippen molar-refractivity contribution in [3.8, 4) is 0 Å². The fraction of sp³-hybridized carbons (Fsp3) is 0.700. The van der Waals surface area contributed by atoms with Crippen LogP contribution in [0.2, 0.25) is 0 Å². The van der Waals surface area contributed by atoms with Crippen LogP contribution in [0.4, 0.5) is 4.79 Å². The fourth-order valence-electron chi connectivity index (χ4n) is 2.10. The number of hydrogen-bond acceptors (Lipinski definition) is 3. The molecule has 1 atom stereocenters. The fourth-order valence-corrected chi connectivity index (χ4v) is 2.10. The SMILES string of the molecule is CN(C)C(=O)CN1CC2CCC(=O)N2C1=O. The van der Waals surface area contributed by atoms with Crippen molar-refractivity contribution in [3.05, 3.63) is 0 Å². The van der Waals surface area contributed by atoms with Crippen LogP contribution in [-0.2, 0) is 9.59 Å². The molecule has 2 heterocycles. The summed E-state index contributed by atoms with van der Waals surface area (Å²) in [5.41, 5.74) is 0. The van der Waals surface area contributed by atoms with Gasteiger partial charge in [-0.25, -0.2) is 4.79 Å². The van der Waals surface area contributed by atoms with E-state index in [1.807, 2.05) is 0 Å². The van der Waals surface area contributed by atoms with Crippen LogP contribution >= 0.6 is 0 Å². The van der Waals surface area contributed by atoms with Gasteiger partial charge in [-0.05, 0) is 6.42 Å². The van der Waals surface area contributed by atoms with E-state index in [1.165, 1.54) is 14.7 Å². The van der Waals surface area contributed by atoms with Crippen molar-refractivity contribution in [3.63, 3.8) is 0 Å². The molecule has 2 aliphatic rings. The van der Waals surface area contributed by atoms with Crippen LogP contribution in [0, 0.1) is 0 Å². The number of amides is 4. The Morgan fingerprint density at radius 1 is 1.44 bits per heavy atom. The largest absolute Gasteiger partial charge is 0.347 e. The molecule has 0 aliphatic carbocycles. The summed E-state index contributed by atoms with van der Waals surface area (Å²) in [5.74, 6) is -0.239. The third-order valence-corrected chi connectivity index (χ3v) is 3.06. The second kappa shape index (κ2) is 3.77. The molecule has 0 N–H and O–H groups in total. The maximum atomic E-state index is 11.8. The Kier molecular flexibility index (Phi) is 2.57. The lowest BCUT2D eigenvalue weighted by Crippen LogP contribution is -2.40. The molecule has 4 amide bonds. The summed E-state index contributed by atoms with van der Waals surface area (Å²) < 4.78 is 0. The monoisotopic (exact) mass is 225 g/mol. The first kappa shape index (κ1) is 10.9. The van der Waals surface area contributed by atoms with Crippen LogP contribution in [0.3, 0.4) is 0 Å². The molecule has 0 aromatic heterocycles. The second-order valence-corrected chi connectivity index (χ2v) is 4.41. The van der Waals surface area contributed by atoms with Crippen molar-refractivity contribution in [1.82, 2.24) is 14.7 Å². The van der Waals surface area contributed by atoms with Crippen molar-refractivity contribution in [2.45, 2.75) is 18.9 Å². The van der Waals surface area contributed by atoms with Gasteiger partial charge >= 0.3 is 6.03 Å². The molecule has 0 aromatic rings. The predicted molar refractivity (Wildman–Crippen MR) is 55.5 cm³/mol. The minimum atomic E-state index is -0.317. The van der Waals surface area contributed by atoms with Gasteiger partial charge in [0.2, 0.25) is 11.8 Å². The van der Waals surface area contributed by atoms with Crippen LogP contribution < -0.4 is 0 Å². The van der Waals surface area contributed by atoms with Gasteiger partial charge in [0, 0.05) is 27.1 Å². The molecule has 88 valence electrons. The number of urea groups is 1. The van der Waals surface area contributed by atoms with Gasteiger partial charge in [-0.15, -0.1) is 0 Å². The van der Waals surface area contributed by atoms with Crippen molar-refractivity contribution in [1.29, 1.82) is 0 Å². The van der Waals surface area contributed by atoms with E-state index in [9.17, 15) is 14.4 Å². The molecule has 2 saturated heterocycles. The van der Waals surface area contributed by atoms with Gasteiger partial charge in [0.25, 0.3) is 0 Å². The molecular weight excluding hydrogens is 210 g/mol. The number of rotatable bonds is 2. The Morgan fingerprint density at radius 2 is 2.12 bits per heavy atom. The van der Waals surface area contributed by atoms with Crippen LogP contribution in [0.1, 0.15) is 12.8 Å². The third kappa shape index (κ3) is 1.64. The number of hydrogen-bond donors (Lipinski definition) is 0. The van der Waals surface area contributed by atoms with Gasteiger partial charge in [0.05, 0.1) is 6.04 Å². The highest BCUT2D eigenvalue weighted by Crippen LogP contribution is 2.26. The summed E-state index contributed by atoms with van der Waals surface area (Å²) in [7, 11) is 3.30. The molecule has 0 saturated carbocycles. The number of carbonyl (C=O) groups is 3. The highest BCUT2D eigenvalue weighted by atomic mass is 16.2. The molecule has 6 nitrogen and oxygen atoms in total. The number of imide groups is 1. The lowest BCUT2D eigenvalue weighted by molar-refractivity contribution is -0.129. The zero-order valence-electron chi connectivity index (χ0n) is 9.47. The van der Waals surface area contributed by atoms with Crippen LogP contribution in [0.5, 0.6) is 0 Å². The molecule has 1 unspecified atom stereocenters. The standard InChI is InChI=1S/C10H15N3O3/c1-11(2)9(15)6-12-5-7-3-4-8(14)13(7)10(12)16/h7H,3-6H2,1-2H3. The Labute approximate surface area is 93.8 Å². The average molecular weight is 225 g/mol. The van der Waals surface area contributed by atoms with Gasteiger partial charge in [-0.2, -0.15) is 0 Å². The lowest BCUT2D eigenvalue weighted by atomic mass is 10.2. The predicted octanol–water partition coefficient (Wildman–Crippen LogP) is -0.499. The molecule has 6 heteroatoms. The van der Waals surface area contributed by atoms with Gasteiger partial charge < -0.3 is 9.80 Å². The van der Waals surface area contributed by atoms with Gasteiger partial charge in [0.1, 0.15) is 6.54 Å². The number of likely N-dealkylation sites (N-methyl/N-ethyl adjacent to an activating group) is 1. The Bertz CT molecular complexity index is 353. The molecule has 0 bridgehead atoms. The summed E-state index contributed by atoms with van der Waals surface area (Å²) in [5, 5.41) is 0. The maximum Gasteiger partial charge on any atom is 0.327 e. The molecule has 16 heavy (non-hydrogen) atoms. The molecule has 0 aromatic carbocycles. The first-order valence-corrected chi connectivity index (χ1v) is 5.32. The molecule has 2 aliphatic heterocycles. The summed E-state index contributed by atoms with van der Waals surface area (Å²) in [6, 6.07) is -0.335. The summed E-state index contributed by atoms with van der Waals surface area (Å²) in [4.78, 5) is 38.9. The highest BCUT2D eigenvalue weighted by Gasteiger charge is 2.45. The first-order chi connectivity index (χ1) is 7.50. The van der Waals surface area contributed by atoms with E-state index in [0.29, 0.717) is 13.0 Å². The van der Waals surface area contributed by atoms with E-state index in [-0.39, 0.29) is 30.4 Å². The maximum absolute atomic E-state index is 11.8. The Morgan fingerprint density at radius 3 is 2.69 bits per heavy atom. The topological polar surface area (TPSA) is 60.9 Å². The van der Waals surface area contributed by atoms with E-state index in [0.717, 1.165) is 6.42 Å². The van der Waals surface area contributed by atoms with Gasteiger partial charge in [-0.3, -0.25) is 14.5 Å². The van der Waals surface area contributed by atoms with E-state index in [1.54, 1.807) is 14.1 Å². The zero-order chi connectivity index (χ0) is 11.9. The second-order valence-electron chi connectivity index (χ2n) is 4.41. The van der Waals surface area contributed by atoms with E-state index >= 15 is 0 Å². The van der Waals surface area contributed by atoms with Crippen molar-refractivity contribution in [2.75, 3.05) is 27.2 Å². The zero-order valence-corrected chi connectivity index (χ0v) is 9.47. The highest BCUT2D eigenvalue weighted by molar-refractivity contribution is 5.99. The van der Waals surface area contributed by atoms with Gasteiger partial charge in [-0.1, -0.05) is 0 Å². The summed E-state index contributed by atoms with van der Waals surface area (Å²) in [6.07, 6.45) is 1.17. The number of nitrogens with zero attached hydrogens (tertiary/aromatic N) is 3. The molecule has 0 radical (unpaired) electrons. The normalized spacial score (nSPS) is 24.0. The number of carbonyl (C=O) groups excluding carboxylic acids is 3. The molecular formula is C10H15N3O3. The third-order valence-electron chi connectivity index (χ3n) is 3.06. The number of fused-ring (bicyclic) bond motifs is 1.